The van der Waals surface area contributed by atoms with Gasteiger partial charge in [-0.3, -0.25) is 9.59 Å². The van der Waals surface area contributed by atoms with Crippen LogP contribution in [-0.4, -0.2) is 20.9 Å². The Bertz CT molecular complexity index is 1060. The maximum absolute atomic E-state index is 12.1. The Morgan fingerprint density at radius 3 is 2.63 bits per heavy atom. The first-order chi connectivity index (χ1) is 13.1. The molecule has 3 aromatic rings. The van der Waals surface area contributed by atoms with E-state index in [9.17, 15) is 9.59 Å². The first-order valence-electron chi connectivity index (χ1n) is 8.73. The van der Waals surface area contributed by atoms with E-state index in [4.69, 9.17) is 9.84 Å². The van der Waals surface area contributed by atoms with Crippen molar-refractivity contribution in [3.63, 3.8) is 0 Å². The Balaban J connectivity index is 1.67. The quantitative estimate of drug-likeness (QED) is 0.755. The molecule has 0 amide bonds. The number of nitrogens with zero attached hydrogens (tertiary/aromatic N) is 2. The lowest BCUT2D eigenvalue weighted by molar-refractivity contribution is -0.138. The van der Waals surface area contributed by atoms with Crippen molar-refractivity contribution < 1.29 is 14.6 Å². The molecule has 0 bridgehead atoms. The van der Waals surface area contributed by atoms with Gasteiger partial charge in [0.15, 0.2) is 0 Å². The van der Waals surface area contributed by atoms with Crippen molar-refractivity contribution in [3.8, 4) is 17.0 Å². The van der Waals surface area contributed by atoms with Gasteiger partial charge in [0.2, 0.25) is 0 Å². The predicted octanol–water partition coefficient (Wildman–Crippen LogP) is 2.67. The molecule has 1 N–H and O–H groups in total. The highest BCUT2D eigenvalue weighted by atomic mass is 16.5. The summed E-state index contributed by atoms with van der Waals surface area (Å²) in [5.41, 5.74) is 4.18. The molecule has 136 valence electrons. The molecular formula is C21H18N2O4. The summed E-state index contributed by atoms with van der Waals surface area (Å²) in [7, 11) is 0. The van der Waals surface area contributed by atoms with Gasteiger partial charge in [-0.1, -0.05) is 36.4 Å². The molecular weight excluding hydrogens is 344 g/mol. The number of aliphatic carboxylic acids is 1. The lowest BCUT2D eigenvalue weighted by Crippen LogP contribution is -2.28. The number of carbonyl (C=O) groups is 1. The normalized spacial score (nSPS) is 12.1. The Morgan fingerprint density at radius 2 is 1.85 bits per heavy atom. The van der Waals surface area contributed by atoms with Gasteiger partial charge in [-0.2, -0.15) is 5.10 Å². The largest absolute Gasteiger partial charge is 0.489 e. The Hall–Kier alpha value is -3.41. The summed E-state index contributed by atoms with van der Waals surface area (Å²) in [4.78, 5) is 23.1. The third-order valence-electron chi connectivity index (χ3n) is 4.61. The SMILES string of the molecule is O=C(O)Cn1nc2c(cc1=O)CCc1ccc(OCc3ccccc3)cc1-2. The van der Waals surface area contributed by atoms with E-state index in [0.29, 0.717) is 24.5 Å². The lowest BCUT2D eigenvalue weighted by atomic mass is 9.89. The molecule has 0 fully saturated rings. The fourth-order valence-electron chi connectivity index (χ4n) is 3.28. The van der Waals surface area contributed by atoms with Crippen LogP contribution in [-0.2, 0) is 30.8 Å². The molecule has 1 aromatic heterocycles. The maximum Gasteiger partial charge on any atom is 0.325 e. The van der Waals surface area contributed by atoms with E-state index in [-0.39, 0.29) is 0 Å². The fraction of sp³-hybridized carbons (Fsp3) is 0.190. The Labute approximate surface area is 155 Å². The average Bonchev–Trinajstić information content (AvgIpc) is 2.67. The maximum atomic E-state index is 12.1. The lowest BCUT2D eigenvalue weighted by Gasteiger charge is -2.20. The molecule has 4 rings (SSSR count). The number of fused-ring (bicyclic) bond motifs is 3. The molecule has 0 saturated heterocycles. The topological polar surface area (TPSA) is 81.4 Å². The molecule has 1 aliphatic carbocycles. The van der Waals surface area contributed by atoms with E-state index < -0.39 is 18.1 Å². The van der Waals surface area contributed by atoms with Crippen LogP contribution in [0, 0.1) is 0 Å². The van der Waals surface area contributed by atoms with Crippen LogP contribution < -0.4 is 10.3 Å². The number of rotatable bonds is 5. The molecule has 0 atom stereocenters. The standard InChI is InChI=1S/C21H18N2O4/c24-19-10-16-7-6-15-8-9-17(27-13-14-4-2-1-3-5-14)11-18(15)21(16)22-23(19)12-20(25)26/h1-5,8-11H,6-7,12-13H2,(H,25,26). The minimum Gasteiger partial charge on any atom is -0.489 e. The van der Waals surface area contributed by atoms with Crippen LogP contribution in [0.25, 0.3) is 11.3 Å². The van der Waals surface area contributed by atoms with Crippen molar-refractivity contribution in [1.29, 1.82) is 0 Å². The zero-order valence-electron chi connectivity index (χ0n) is 14.6. The fourth-order valence-corrected chi connectivity index (χ4v) is 3.28. The van der Waals surface area contributed by atoms with Crippen LogP contribution in [0.4, 0.5) is 0 Å². The zero-order chi connectivity index (χ0) is 18.8. The summed E-state index contributed by atoms with van der Waals surface area (Å²) in [6, 6.07) is 17.2. The minimum absolute atomic E-state index is 0.393. The van der Waals surface area contributed by atoms with E-state index in [2.05, 4.69) is 5.10 Å². The van der Waals surface area contributed by atoms with Crippen LogP contribution >= 0.6 is 0 Å². The van der Waals surface area contributed by atoms with Gasteiger partial charge in [0.05, 0.1) is 5.69 Å². The van der Waals surface area contributed by atoms with Crippen molar-refractivity contribution in [1.82, 2.24) is 9.78 Å². The van der Waals surface area contributed by atoms with Crippen molar-refractivity contribution in [2.24, 2.45) is 0 Å². The Kier molecular flexibility index (Phi) is 4.46. The second kappa shape index (κ2) is 7.07. The molecule has 6 heteroatoms. The molecule has 0 radical (unpaired) electrons. The number of hydrogen-bond donors (Lipinski definition) is 1. The summed E-state index contributed by atoms with van der Waals surface area (Å²) in [5.74, 6) is -0.385. The summed E-state index contributed by atoms with van der Waals surface area (Å²) in [6.45, 7) is 0.00404. The minimum atomic E-state index is -1.10. The number of benzene rings is 2. The first kappa shape index (κ1) is 17.0. The smallest absolute Gasteiger partial charge is 0.325 e. The van der Waals surface area contributed by atoms with Crippen molar-refractivity contribution >= 4 is 5.97 Å². The Morgan fingerprint density at radius 1 is 1.07 bits per heavy atom. The van der Waals surface area contributed by atoms with E-state index >= 15 is 0 Å². The number of aryl methyl sites for hydroxylation is 2. The molecule has 0 saturated carbocycles. The average molecular weight is 362 g/mol. The van der Waals surface area contributed by atoms with Gasteiger partial charge in [-0.15, -0.1) is 0 Å². The molecule has 0 unspecified atom stereocenters. The van der Waals surface area contributed by atoms with Crippen LogP contribution in [0.3, 0.4) is 0 Å². The van der Waals surface area contributed by atoms with Gasteiger partial charge in [0.1, 0.15) is 18.9 Å². The number of hydrogen-bond acceptors (Lipinski definition) is 4. The third kappa shape index (κ3) is 3.60. The molecule has 2 aromatic carbocycles. The third-order valence-corrected chi connectivity index (χ3v) is 4.61. The van der Waals surface area contributed by atoms with E-state index in [1.54, 1.807) is 0 Å². The van der Waals surface area contributed by atoms with E-state index in [1.807, 2.05) is 48.5 Å². The number of carboxylic acid groups (broad SMARTS) is 1. The van der Waals surface area contributed by atoms with Gasteiger partial charge in [0, 0.05) is 11.6 Å². The predicted molar refractivity (Wildman–Crippen MR) is 99.8 cm³/mol. The van der Waals surface area contributed by atoms with Gasteiger partial charge >= 0.3 is 5.97 Å². The van der Waals surface area contributed by atoms with Crippen molar-refractivity contribution in [3.05, 3.63) is 81.6 Å². The van der Waals surface area contributed by atoms with Gasteiger partial charge in [-0.25, -0.2) is 4.68 Å². The summed E-state index contributed by atoms with van der Waals surface area (Å²) in [6.07, 6.45) is 1.52. The number of carboxylic acids is 1. The van der Waals surface area contributed by atoms with Crippen molar-refractivity contribution in [2.45, 2.75) is 26.0 Å². The summed E-state index contributed by atoms with van der Waals surface area (Å²) >= 11 is 0. The van der Waals surface area contributed by atoms with Crippen LogP contribution in [0.5, 0.6) is 5.75 Å². The van der Waals surface area contributed by atoms with E-state index in [1.165, 1.54) is 6.07 Å². The summed E-state index contributed by atoms with van der Waals surface area (Å²) < 4.78 is 6.90. The van der Waals surface area contributed by atoms with Gasteiger partial charge in [0.25, 0.3) is 5.56 Å². The van der Waals surface area contributed by atoms with Gasteiger partial charge < -0.3 is 9.84 Å². The first-order valence-corrected chi connectivity index (χ1v) is 8.73. The monoisotopic (exact) mass is 362 g/mol. The summed E-state index contributed by atoms with van der Waals surface area (Å²) in [5, 5.41) is 13.3. The zero-order valence-corrected chi connectivity index (χ0v) is 14.6. The number of aromatic nitrogens is 2. The van der Waals surface area contributed by atoms with Crippen LogP contribution in [0.2, 0.25) is 0 Å². The van der Waals surface area contributed by atoms with Crippen LogP contribution in [0.15, 0.2) is 59.4 Å². The van der Waals surface area contributed by atoms with Gasteiger partial charge in [-0.05, 0) is 41.7 Å². The molecule has 0 aliphatic heterocycles. The van der Waals surface area contributed by atoms with Crippen molar-refractivity contribution in [2.75, 3.05) is 0 Å². The highest BCUT2D eigenvalue weighted by Gasteiger charge is 2.20. The molecule has 1 heterocycles. The molecule has 0 spiro atoms. The molecule has 6 nitrogen and oxygen atoms in total. The highest BCUT2D eigenvalue weighted by Crippen LogP contribution is 2.33. The highest BCUT2D eigenvalue weighted by molar-refractivity contribution is 5.71. The second-order valence-corrected chi connectivity index (χ2v) is 6.50. The number of ether oxygens (including phenoxy) is 1. The van der Waals surface area contributed by atoms with E-state index in [0.717, 1.165) is 33.4 Å². The molecule has 27 heavy (non-hydrogen) atoms. The second-order valence-electron chi connectivity index (χ2n) is 6.50. The molecule has 1 aliphatic rings. The van der Waals surface area contributed by atoms with Crippen LogP contribution in [0.1, 0.15) is 16.7 Å².